The van der Waals surface area contributed by atoms with E-state index in [4.69, 9.17) is 5.11 Å². The molecule has 1 atom stereocenters. The Balaban J connectivity index is 2.39. The summed E-state index contributed by atoms with van der Waals surface area (Å²) in [5.41, 5.74) is 0.495. The van der Waals surface area contributed by atoms with Crippen LogP contribution in [0.5, 0.6) is 0 Å². The van der Waals surface area contributed by atoms with E-state index in [0.717, 1.165) is 12.1 Å². The average molecular weight is 243 g/mol. The minimum atomic E-state index is -0.930. The summed E-state index contributed by atoms with van der Waals surface area (Å²) in [6, 6.07) is 3.48. The monoisotopic (exact) mass is 243 g/mol. The van der Waals surface area contributed by atoms with Gasteiger partial charge in [-0.05, 0) is 31.0 Å². The Morgan fingerprint density at radius 2 is 2.12 bits per heavy atom. The van der Waals surface area contributed by atoms with Gasteiger partial charge in [0, 0.05) is 13.0 Å². The highest BCUT2D eigenvalue weighted by atomic mass is 19.2. The summed E-state index contributed by atoms with van der Waals surface area (Å²) in [7, 11) is 0. The maximum Gasteiger partial charge on any atom is 0.220 e. The second-order valence-corrected chi connectivity index (χ2v) is 3.91. The first-order chi connectivity index (χ1) is 7.99. The topological polar surface area (TPSA) is 49.3 Å². The number of hydrogen-bond donors (Lipinski definition) is 2. The molecule has 0 aliphatic carbocycles. The van der Waals surface area contributed by atoms with Crippen molar-refractivity contribution in [1.29, 1.82) is 0 Å². The van der Waals surface area contributed by atoms with Crippen LogP contribution in [0.4, 0.5) is 8.78 Å². The molecule has 1 unspecified atom stereocenters. The summed E-state index contributed by atoms with van der Waals surface area (Å²) in [6.07, 6.45) is 0.0642. The molecule has 1 aromatic rings. The number of hydrogen-bond acceptors (Lipinski definition) is 2. The molecular weight excluding hydrogens is 228 g/mol. The van der Waals surface area contributed by atoms with E-state index in [1.165, 1.54) is 6.07 Å². The highest BCUT2D eigenvalue weighted by Crippen LogP contribution is 2.08. The predicted molar refractivity (Wildman–Crippen MR) is 59.1 cm³/mol. The molecule has 94 valence electrons. The first kappa shape index (κ1) is 13.6. The Hall–Kier alpha value is -1.49. The maximum atomic E-state index is 12.8. The van der Waals surface area contributed by atoms with Crippen LogP contribution in [-0.4, -0.2) is 17.1 Å². The predicted octanol–water partition coefficient (Wildman–Crippen LogP) is 1.74. The number of carbonyl (C=O) groups excluding carboxylic acids is 1. The summed E-state index contributed by atoms with van der Waals surface area (Å²) >= 11 is 0. The Bertz CT molecular complexity index is 394. The first-order valence-corrected chi connectivity index (χ1v) is 5.37. The van der Waals surface area contributed by atoms with Gasteiger partial charge in [-0.25, -0.2) is 8.78 Å². The normalized spacial score (nSPS) is 12.2. The van der Waals surface area contributed by atoms with E-state index in [2.05, 4.69) is 5.32 Å². The van der Waals surface area contributed by atoms with Gasteiger partial charge in [0.15, 0.2) is 11.6 Å². The lowest BCUT2D eigenvalue weighted by Crippen LogP contribution is -2.23. The number of rotatable bonds is 5. The number of aliphatic hydroxyl groups excluding tert-OH is 1. The second kappa shape index (κ2) is 6.30. The van der Waals surface area contributed by atoms with Crippen molar-refractivity contribution in [2.75, 3.05) is 0 Å². The molecule has 0 aliphatic rings. The maximum absolute atomic E-state index is 12.8. The Morgan fingerprint density at radius 3 is 2.71 bits per heavy atom. The van der Waals surface area contributed by atoms with Crippen molar-refractivity contribution in [2.24, 2.45) is 0 Å². The summed E-state index contributed by atoms with van der Waals surface area (Å²) < 4.78 is 25.5. The molecule has 0 aromatic heterocycles. The minimum absolute atomic E-state index is 0.149. The van der Waals surface area contributed by atoms with Crippen LogP contribution < -0.4 is 5.32 Å². The summed E-state index contributed by atoms with van der Waals surface area (Å²) in [6.45, 7) is 1.75. The van der Waals surface area contributed by atoms with Gasteiger partial charge < -0.3 is 10.4 Å². The molecule has 0 aliphatic heterocycles. The van der Waals surface area contributed by atoms with Gasteiger partial charge in [0.1, 0.15) is 0 Å². The van der Waals surface area contributed by atoms with Gasteiger partial charge in [-0.3, -0.25) is 4.79 Å². The van der Waals surface area contributed by atoms with Crippen LogP contribution in [0.1, 0.15) is 25.3 Å². The largest absolute Gasteiger partial charge is 0.393 e. The SMILES string of the molecule is CC(O)CCC(=O)NCc1ccc(F)c(F)c1. The fourth-order valence-electron chi connectivity index (χ4n) is 1.28. The number of halogens is 2. The van der Waals surface area contributed by atoms with Gasteiger partial charge in [0.2, 0.25) is 5.91 Å². The molecule has 2 N–H and O–H groups in total. The quantitative estimate of drug-likeness (QED) is 0.827. The molecule has 0 heterocycles. The highest BCUT2D eigenvalue weighted by Gasteiger charge is 2.06. The van der Waals surface area contributed by atoms with Crippen LogP contribution in [0.2, 0.25) is 0 Å². The third-order valence-electron chi connectivity index (χ3n) is 2.26. The Kier molecular flexibility index (Phi) is 5.03. The lowest BCUT2D eigenvalue weighted by molar-refractivity contribution is -0.121. The second-order valence-electron chi connectivity index (χ2n) is 3.91. The number of amides is 1. The molecule has 1 aromatic carbocycles. The Morgan fingerprint density at radius 1 is 1.41 bits per heavy atom. The number of carbonyl (C=O) groups is 1. The molecule has 0 bridgehead atoms. The molecule has 1 rings (SSSR count). The molecule has 0 spiro atoms. The van der Waals surface area contributed by atoms with E-state index in [-0.39, 0.29) is 18.9 Å². The van der Waals surface area contributed by atoms with Gasteiger partial charge in [0.25, 0.3) is 0 Å². The molecular formula is C12H15F2NO2. The smallest absolute Gasteiger partial charge is 0.220 e. The van der Waals surface area contributed by atoms with Gasteiger partial charge in [-0.15, -0.1) is 0 Å². The van der Waals surface area contributed by atoms with E-state index < -0.39 is 17.7 Å². The van der Waals surface area contributed by atoms with Crippen LogP contribution >= 0.6 is 0 Å². The van der Waals surface area contributed by atoms with E-state index in [1.807, 2.05) is 0 Å². The summed E-state index contributed by atoms with van der Waals surface area (Å²) in [4.78, 5) is 11.3. The van der Waals surface area contributed by atoms with Crippen molar-refractivity contribution in [1.82, 2.24) is 5.32 Å². The van der Waals surface area contributed by atoms with Gasteiger partial charge >= 0.3 is 0 Å². The fraction of sp³-hybridized carbons (Fsp3) is 0.417. The van der Waals surface area contributed by atoms with Crippen molar-refractivity contribution in [3.63, 3.8) is 0 Å². The molecule has 0 saturated carbocycles. The number of nitrogens with one attached hydrogen (secondary N) is 1. The summed E-state index contributed by atoms with van der Waals surface area (Å²) in [5.74, 6) is -2.06. The van der Waals surface area contributed by atoms with Crippen LogP contribution in [0.15, 0.2) is 18.2 Å². The van der Waals surface area contributed by atoms with Crippen molar-refractivity contribution in [3.05, 3.63) is 35.4 Å². The van der Waals surface area contributed by atoms with Gasteiger partial charge in [-0.1, -0.05) is 6.07 Å². The molecule has 0 fully saturated rings. The van der Waals surface area contributed by atoms with Crippen LogP contribution in [0.25, 0.3) is 0 Å². The van der Waals surface area contributed by atoms with Gasteiger partial charge in [0.05, 0.1) is 6.10 Å². The van der Waals surface area contributed by atoms with Crippen LogP contribution in [-0.2, 0) is 11.3 Å². The highest BCUT2D eigenvalue weighted by molar-refractivity contribution is 5.75. The third-order valence-corrected chi connectivity index (χ3v) is 2.26. The molecule has 17 heavy (non-hydrogen) atoms. The number of aliphatic hydroxyl groups is 1. The lowest BCUT2D eigenvalue weighted by atomic mass is 10.2. The van der Waals surface area contributed by atoms with E-state index >= 15 is 0 Å². The summed E-state index contributed by atoms with van der Waals surface area (Å²) in [5, 5.41) is 11.5. The van der Waals surface area contributed by atoms with Gasteiger partial charge in [-0.2, -0.15) is 0 Å². The molecule has 5 heteroatoms. The standard InChI is InChI=1S/C12H15F2NO2/c1-8(16)2-5-12(17)15-7-9-3-4-10(13)11(14)6-9/h3-4,6,8,16H,2,5,7H2,1H3,(H,15,17). The molecule has 3 nitrogen and oxygen atoms in total. The number of benzene rings is 1. The Labute approximate surface area is 98.5 Å². The van der Waals surface area contributed by atoms with Crippen molar-refractivity contribution >= 4 is 5.91 Å². The molecule has 1 amide bonds. The lowest BCUT2D eigenvalue weighted by Gasteiger charge is -2.06. The average Bonchev–Trinajstić information content (AvgIpc) is 2.28. The zero-order valence-electron chi connectivity index (χ0n) is 9.54. The van der Waals surface area contributed by atoms with Crippen molar-refractivity contribution < 1.29 is 18.7 Å². The fourth-order valence-corrected chi connectivity index (χ4v) is 1.28. The van der Waals surface area contributed by atoms with E-state index in [9.17, 15) is 13.6 Å². The van der Waals surface area contributed by atoms with Crippen LogP contribution in [0.3, 0.4) is 0 Å². The van der Waals surface area contributed by atoms with E-state index in [0.29, 0.717) is 12.0 Å². The van der Waals surface area contributed by atoms with Crippen molar-refractivity contribution in [3.8, 4) is 0 Å². The zero-order valence-corrected chi connectivity index (χ0v) is 9.54. The third kappa shape index (κ3) is 4.91. The van der Waals surface area contributed by atoms with Crippen molar-refractivity contribution in [2.45, 2.75) is 32.4 Å². The molecule has 0 saturated heterocycles. The molecule has 0 radical (unpaired) electrons. The van der Waals surface area contributed by atoms with Crippen LogP contribution in [0, 0.1) is 11.6 Å². The van der Waals surface area contributed by atoms with E-state index in [1.54, 1.807) is 6.92 Å². The zero-order chi connectivity index (χ0) is 12.8. The first-order valence-electron chi connectivity index (χ1n) is 5.37. The minimum Gasteiger partial charge on any atom is -0.393 e.